The number of benzene rings is 1. The highest BCUT2D eigenvalue weighted by Gasteiger charge is 2.15. The first-order chi connectivity index (χ1) is 8.54. The topological polar surface area (TPSA) is 72.2 Å². The van der Waals surface area contributed by atoms with Gasteiger partial charge in [0, 0.05) is 17.8 Å². The van der Waals surface area contributed by atoms with E-state index in [1.165, 1.54) is 6.07 Å². The monoisotopic (exact) mass is 314 g/mol. The first-order valence-corrected chi connectivity index (χ1v) is 6.77. The average Bonchev–Trinajstić information content (AvgIpc) is 2.29. The van der Waals surface area contributed by atoms with Gasteiger partial charge in [-0.25, -0.2) is 0 Å². The molecule has 1 aromatic carbocycles. The molecule has 0 saturated carbocycles. The van der Waals surface area contributed by atoms with Gasteiger partial charge in [0.15, 0.2) is 0 Å². The average molecular weight is 315 g/mol. The molecule has 1 rings (SSSR count). The molecule has 18 heavy (non-hydrogen) atoms. The lowest BCUT2D eigenvalue weighted by Gasteiger charge is -2.06. The van der Waals surface area contributed by atoms with Gasteiger partial charge in [-0.05, 0) is 31.4 Å². The Labute approximate surface area is 114 Å². The standard InChI is InChI=1S/C12H15BrN2O3/c1-9-5-6-11(15(17)18)10(8-9)14-12(16)4-2-3-7-13/h5-6,8H,2-4,7H2,1H3,(H,14,16). The van der Waals surface area contributed by atoms with E-state index in [1.807, 2.05) is 6.92 Å². The van der Waals surface area contributed by atoms with E-state index < -0.39 is 4.92 Å². The second kappa shape index (κ2) is 7.10. The van der Waals surface area contributed by atoms with Crippen LogP contribution in [0, 0.1) is 17.0 Å². The van der Waals surface area contributed by atoms with Gasteiger partial charge in [0.05, 0.1) is 4.92 Å². The van der Waals surface area contributed by atoms with Crippen LogP contribution in [-0.4, -0.2) is 16.2 Å². The van der Waals surface area contributed by atoms with Gasteiger partial charge >= 0.3 is 0 Å². The van der Waals surface area contributed by atoms with Gasteiger partial charge in [-0.3, -0.25) is 14.9 Å². The number of anilines is 1. The number of aryl methyl sites for hydroxylation is 1. The van der Waals surface area contributed by atoms with E-state index in [2.05, 4.69) is 21.2 Å². The highest BCUT2D eigenvalue weighted by Crippen LogP contribution is 2.25. The molecule has 0 heterocycles. The fourth-order valence-electron chi connectivity index (χ4n) is 1.50. The molecular formula is C12H15BrN2O3. The van der Waals surface area contributed by atoms with Crippen molar-refractivity contribution in [1.82, 2.24) is 0 Å². The number of nitrogens with zero attached hydrogens (tertiary/aromatic N) is 1. The lowest BCUT2D eigenvalue weighted by Crippen LogP contribution is -2.12. The summed E-state index contributed by atoms with van der Waals surface area (Å²) in [5.74, 6) is -0.190. The maximum Gasteiger partial charge on any atom is 0.292 e. The quantitative estimate of drug-likeness (QED) is 0.378. The highest BCUT2D eigenvalue weighted by molar-refractivity contribution is 9.09. The van der Waals surface area contributed by atoms with Crippen LogP contribution in [0.1, 0.15) is 24.8 Å². The smallest absolute Gasteiger partial charge is 0.292 e. The second-order valence-electron chi connectivity index (χ2n) is 3.97. The Morgan fingerprint density at radius 2 is 2.17 bits per heavy atom. The number of carbonyl (C=O) groups is 1. The van der Waals surface area contributed by atoms with Gasteiger partial charge in [-0.1, -0.05) is 22.0 Å². The largest absolute Gasteiger partial charge is 0.320 e. The molecular weight excluding hydrogens is 300 g/mol. The molecule has 0 unspecified atom stereocenters. The van der Waals surface area contributed by atoms with Crippen molar-refractivity contribution in [3.8, 4) is 0 Å². The van der Waals surface area contributed by atoms with Crippen LogP contribution in [-0.2, 0) is 4.79 Å². The number of unbranched alkanes of at least 4 members (excludes halogenated alkanes) is 1. The molecule has 1 amide bonds. The van der Waals surface area contributed by atoms with E-state index in [1.54, 1.807) is 12.1 Å². The van der Waals surface area contributed by atoms with Crippen molar-refractivity contribution < 1.29 is 9.72 Å². The zero-order valence-corrected chi connectivity index (χ0v) is 11.7. The molecule has 1 N–H and O–H groups in total. The number of alkyl halides is 1. The Morgan fingerprint density at radius 3 is 2.78 bits per heavy atom. The van der Waals surface area contributed by atoms with Gasteiger partial charge in [-0.2, -0.15) is 0 Å². The van der Waals surface area contributed by atoms with Gasteiger partial charge in [0.2, 0.25) is 5.91 Å². The third kappa shape index (κ3) is 4.44. The number of hydrogen-bond acceptors (Lipinski definition) is 3. The summed E-state index contributed by atoms with van der Waals surface area (Å²) in [6.45, 7) is 1.82. The van der Waals surface area contributed by atoms with E-state index in [0.717, 1.165) is 23.7 Å². The Hall–Kier alpha value is -1.43. The first kappa shape index (κ1) is 14.6. The molecule has 0 aliphatic rings. The van der Waals surface area contributed by atoms with Crippen molar-refractivity contribution in [1.29, 1.82) is 0 Å². The van der Waals surface area contributed by atoms with Crippen molar-refractivity contribution in [2.75, 3.05) is 10.6 Å². The Kier molecular flexibility index (Phi) is 5.77. The van der Waals surface area contributed by atoms with Crippen LogP contribution in [0.2, 0.25) is 0 Å². The molecule has 0 radical (unpaired) electrons. The number of rotatable bonds is 6. The summed E-state index contributed by atoms with van der Waals surface area (Å²) >= 11 is 3.29. The third-order valence-corrected chi connectivity index (χ3v) is 2.97. The minimum absolute atomic E-state index is 0.0746. The SMILES string of the molecule is Cc1ccc([N+](=O)[O-])c(NC(=O)CCCCBr)c1. The lowest BCUT2D eigenvalue weighted by atomic mass is 10.2. The van der Waals surface area contributed by atoms with Crippen molar-refractivity contribution in [3.63, 3.8) is 0 Å². The van der Waals surface area contributed by atoms with Gasteiger partial charge in [0.1, 0.15) is 5.69 Å². The molecule has 0 spiro atoms. The summed E-state index contributed by atoms with van der Waals surface area (Å²) in [7, 11) is 0. The summed E-state index contributed by atoms with van der Waals surface area (Å²) < 4.78 is 0. The molecule has 0 saturated heterocycles. The maximum atomic E-state index is 11.6. The molecule has 98 valence electrons. The third-order valence-electron chi connectivity index (χ3n) is 2.41. The number of amides is 1. The first-order valence-electron chi connectivity index (χ1n) is 5.65. The zero-order valence-electron chi connectivity index (χ0n) is 10.1. The van der Waals surface area contributed by atoms with Crippen molar-refractivity contribution in [2.24, 2.45) is 0 Å². The fraction of sp³-hybridized carbons (Fsp3) is 0.417. The van der Waals surface area contributed by atoms with Crippen LogP contribution in [0.15, 0.2) is 18.2 Å². The Morgan fingerprint density at radius 1 is 1.44 bits per heavy atom. The normalized spacial score (nSPS) is 10.1. The van der Waals surface area contributed by atoms with Crippen LogP contribution in [0.4, 0.5) is 11.4 Å². The van der Waals surface area contributed by atoms with Crippen LogP contribution in [0.5, 0.6) is 0 Å². The molecule has 6 heteroatoms. The van der Waals surface area contributed by atoms with E-state index in [9.17, 15) is 14.9 Å². The van der Waals surface area contributed by atoms with Crippen LogP contribution < -0.4 is 5.32 Å². The predicted molar refractivity (Wildman–Crippen MR) is 74.1 cm³/mol. The number of carbonyl (C=O) groups excluding carboxylic acids is 1. The highest BCUT2D eigenvalue weighted by atomic mass is 79.9. The minimum Gasteiger partial charge on any atom is -0.320 e. The van der Waals surface area contributed by atoms with Crippen LogP contribution in [0.25, 0.3) is 0 Å². The van der Waals surface area contributed by atoms with E-state index in [4.69, 9.17) is 0 Å². The second-order valence-corrected chi connectivity index (χ2v) is 4.76. The number of nitro benzene ring substituents is 1. The number of nitrogens with one attached hydrogen (secondary N) is 1. The van der Waals surface area contributed by atoms with Crippen molar-refractivity contribution >= 4 is 33.2 Å². The van der Waals surface area contributed by atoms with E-state index >= 15 is 0 Å². The number of hydrogen-bond donors (Lipinski definition) is 1. The molecule has 1 aromatic rings. The summed E-state index contributed by atoms with van der Waals surface area (Å²) in [5.41, 5.74) is 1.06. The molecule has 0 aromatic heterocycles. The van der Waals surface area contributed by atoms with Crippen molar-refractivity contribution in [3.05, 3.63) is 33.9 Å². The van der Waals surface area contributed by atoms with Gasteiger partial charge in [0.25, 0.3) is 5.69 Å². The maximum absolute atomic E-state index is 11.6. The summed E-state index contributed by atoms with van der Waals surface area (Å²) in [4.78, 5) is 22.0. The molecule has 0 fully saturated rings. The molecule has 5 nitrogen and oxygen atoms in total. The van der Waals surface area contributed by atoms with Crippen LogP contribution >= 0.6 is 15.9 Å². The Balaban J connectivity index is 2.73. The minimum atomic E-state index is -0.493. The van der Waals surface area contributed by atoms with E-state index in [-0.39, 0.29) is 17.3 Å². The fourth-order valence-corrected chi connectivity index (χ4v) is 1.90. The molecule has 0 aliphatic carbocycles. The summed E-state index contributed by atoms with van der Waals surface area (Å²) in [6.07, 6.45) is 2.04. The van der Waals surface area contributed by atoms with E-state index in [0.29, 0.717) is 6.42 Å². The zero-order chi connectivity index (χ0) is 13.5. The lowest BCUT2D eigenvalue weighted by molar-refractivity contribution is -0.383. The molecule has 0 aliphatic heterocycles. The van der Waals surface area contributed by atoms with Crippen LogP contribution in [0.3, 0.4) is 0 Å². The summed E-state index contributed by atoms with van der Waals surface area (Å²) in [6, 6.07) is 4.67. The Bertz CT molecular complexity index is 449. The predicted octanol–water partition coefficient (Wildman–Crippen LogP) is 3.41. The molecule has 0 atom stereocenters. The number of halogens is 1. The summed E-state index contributed by atoms with van der Waals surface area (Å²) in [5, 5.41) is 14.3. The van der Waals surface area contributed by atoms with Crippen molar-refractivity contribution in [2.45, 2.75) is 26.2 Å². The van der Waals surface area contributed by atoms with Gasteiger partial charge < -0.3 is 5.32 Å². The molecule has 0 bridgehead atoms. The van der Waals surface area contributed by atoms with Gasteiger partial charge in [-0.15, -0.1) is 0 Å². The number of nitro groups is 1.